The number of nitrogens with zero attached hydrogens (tertiary/aromatic N) is 1. The van der Waals surface area contributed by atoms with E-state index in [1.54, 1.807) is 38.1 Å². The number of carbonyl (C=O) groups excluding carboxylic acids is 2. The van der Waals surface area contributed by atoms with E-state index < -0.39 is 17.8 Å². The van der Waals surface area contributed by atoms with Gasteiger partial charge in [0.15, 0.2) is 17.2 Å². The van der Waals surface area contributed by atoms with Crippen LogP contribution in [0.4, 0.5) is 4.39 Å². The van der Waals surface area contributed by atoms with Gasteiger partial charge < -0.3 is 14.2 Å². The zero-order valence-corrected chi connectivity index (χ0v) is 15.6. The molecule has 2 aromatic rings. The van der Waals surface area contributed by atoms with Crippen molar-refractivity contribution in [1.29, 1.82) is 0 Å². The molecule has 0 radical (unpaired) electrons. The second-order valence-corrected chi connectivity index (χ2v) is 6.33. The van der Waals surface area contributed by atoms with Gasteiger partial charge in [0.25, 0.3) is 0 Å². The molecule has 0 saturated carbocycles. The summed E-state index contributed by atoms with van der Waals surface area (Å²) in [6.45, 7) is 3.44. The van der Waals surface area contributed by atoms with Gasteiger partial charge in [-0.2, -0.15) is 0 Å². The third-order valence-corrected chi connectivity index (χ3v) is 3.87. The zero-order chi connectivity index (χ0) is 20.3. The molecule has 0 bridgehead atoms. The number of benzene rings is 2. The number of aliphatic imine (C=N–C) groups is 1. The second kappa shape index (κ2) is 8.04. The van der Waals surface area contributed by atoms with Gasteiger partial charge in [0.1, 0.15) is 5.82 Å². The number of methoxy groups -OCH3 is 1. The third kappa shape index (κ3) is 4.25. The van der Waals surface area contributed by atoms with Crippen molar-refractivity contribution < 1.29 is 28.2 Å². The molecular formula is C21H18FNO5. The Morgan fingerprint density at radius 2 is 1.96 bits per heavy atom. The van der Waals surface area contributed by atoms with Crippen LogP contribution in [0.5, 0.6) is 11.5 Å². The highest BCUT2D eigenvalue weighted by molar-refractivity contribution is 6.12. The van der Waals surface area contributed by atoms with Gasteiger partial charge in [0.2, 0.25) is 5.90 Å². The summed E-state index contributed by atoms with van der Waals surface area (Å²) in [4.78, 5) is 28.1. The molecule has 144 valence electrons. The molecule has 0 atom stereocenters. The maximum absolute atomic E-state index is 13.4. The Morgan fingerprint density at radius 3 is 2.64 bits per heavy atom. The van der Waals surface area contributed by atoms with Crippen LogP contribution in [-0.4, -0.2) is 24.9 Å². The number of halogens is 1. The number of hydrogen-bond acceptors (Lipinski definition) is 6. The molecule has 0 fully saturated rings. The molecule has 6 nitrogen and oxygen atoms in total. The lowest BCUT2D eigenvalue weighted by molar-refractivity contribution is -0.137. The van der Waals surface area contributed by atoms with Crippen molar-refractivity contribution in [3.8, 4) is 11.5 Å². The Bertz CT molecular complexity index is 994. The van der Waals surface area contributed by atoms with Crippen molar-refractivity contribution in [3.05, 3.63) is 65.1 Å². The average Bonchev–Trinajstić information content (AvgIpc) is 3.02. The molecule has 28 heavy (non-hydrogen) atoms. The Kier molecular flexibility index (Phi) is 5.54. The van der Waals surface area contributed by atoms with E-state index >= 15 is 0 Å². The average molecular weight is 383 g/mol. The quantitative estimate of drug-likeness (QED) is 0.447. The van der Waals surface area contributed by atoms with Crippen molar-refractivity contribution in [2.75, 3.05) is 7.11 Å². The number of rotatable bonds is 5. The molecule has 0 aromatic heterocycles. The summed E-state index contributed by atoms with van der Waals surface area (Å²) in [5, 5.41) is 0. The first kappa shape index (κ1) is 19.3. The van der Waals surface area contributed by atoms with E-state index in [1.165, 1.54) is 31.4 Å². The SMILES string of the molecule is COc1ccc(C=C2N=C(c3cccc(F)c3)OC2=O)cc1OC(=O)C(C)C. The summed E-state index contributed by atoms with van der Waals surface area (Å²) in [7, 11) is 1.46. The van der Waals surface area contributed by atoms with Crippen molar-refractivity contribution in [2.24, 2.45) is 10.9 Å². The van der Waals surface area contributed by atoms with Crippen LogP contribution in [0.3, 0.4) is 0 Å². The first-order valence-corrected chi connectivity index (χ1v) is 8.55. The fraction of sp³-hybridized carbons (Fsp3) is 0.190. The van der Waals surface area contributed by atoms with Crippen LogP contribution in [0, 0.1) is 11.7 Å². The summed E-state index contributed by atoms with van der Waals surface area (Å²) in [5.41, 5.74) is 0.965. The molecule has 0 N–H and O–H groups in total. The van der Waals surface area contributed by atoms with Gasteiger partial charge in [-0.25, -0.2) is 14.2 Å². The van der Waals surface area contributed by atoms with E-state index in [-0.39, 0.29) is 23.3 Å². The van der Waals surface area contributed by atoms with E-state index in [2.05, 4.69) is 4.99 Å². The number of esters is 2. The second-order valence-electron chi connectivity index (χ2n) is 6.33. The zero-order valence-electron chi connectivity index (χ0n) is 15.6. The minimum atomic E-state index is -0.657. The van der Waals surface area contributed by atoms with E-state index in [9.17, 15) is 14.0 Å². The Morgan fingerprint density at radius 1 is 1.18 bits per heavy atom. The highest BCUT2D eigenvalue weighted by Crippen LogP contribution is 2.30. The highest BCUT2D eigenvalue weighted by atomic mass is 19.1. The third-order valence-electron chi connectivity index (χ3n) is 3.87. The molecule has 0 aliphatic carbocycles. The molecule has 0 spiro atoms. The summed E-state index contributed by atoms with van der Waals surface area (Å²) in [6, 6.07) is 10.5. The first-order valence-electron chi connectivity index (χ1n) is 8.55. The summed E-state index contributed by atoms with van der Waals surface area (Å²) in [6.07, 6.45) is 1.49. The fourth-order valence-corrected chi connectivity index (χ4v) is 2.40. The number of cyclic esters (lactones) is 1. The maximum atomic E-state index is 13.4. The monoisotopic (exact) mass is 383 g/mol. The van der Waals surface area contributed by atoms with Gasteiger partial charge in [-0.1, -0.05) is 26.0 Å². The van der Waals surface area contributed by atoms with Crippen LogP contribution in [0.2, 0.25) is 0 Å². The highest BCUT2D eigenvalue weighted by Gasteiger charge is 2.24. The maximum Gasteiger partial charge on any atom is 0.363 e. The van der Waals surface area contributed by atoms with Crippen LogP contribution < -0.4 is 9.47 Å². The minimum absolute atomic E-state index is 0.0238. The number of ether oxygens (including phenoxy) is 3. The lowest BCUT2D eigenvalue weighted by Crippen LogP contribution is -2.15. The standard InChI is InChI=1S/C21H18FNO5/c1-12(2)20(24)27-18-10-13(7-8-17(18)26-3)9-16-21(25)28-19(23-16)14-5-4-6-15(22)11-14/h4-12H,1-3H3. The van der Waals surface area contributed by atoms with Gasteiger partial charge in [-0.15, -0.1) is 0 Å². The molecule has 0 unspecified atom stereocenters. The molecule has 1 heterocycles. The molecular weight excluding hydrogens is 365 g/mol. The predicted octanol–water partition coefficient (Wildman–Crippen LogP) is 3.74. The Balaban J connectivity index is 1.92. The van der Waals surface area contributed by atoms with Crippen LogP contribution >= 0.6 is 0 Å². The Hall–Kier alpha value is -3.48. The normalized spacial score (nSPS) is 14.8. The minimum Gasteiger partial charge on any atom is -0.493 e. The van der Waals surface area contributed by atoms with Crippen molar-refractivity contribution in [3.63, 3.8) is 0 Å². The van der Waals surface area contributed by atoms with Crippen LogP contribution in [0.25, 0.3) is 6.08 Å². The lowest BCUT2D eigenvalue weighted by Gasteiger charge is -2.11. The lowest BCUT2D eigenvalue weighted by atomic mass is 10.1. The van der Waals surface area contributed by atoms with Crippen molar-refractivity contribution in [2.45, 2.75) is 13.8 Å². The van der Waals surface area contributed by atoms with E-state index in [1.807, 2.05) is 0 Å². The van der Waals surface area contributed by atoms with E-state index in [0.717, 1.165) is 0 Å². The van der Waals surface area contributed by atoms with Gasteiger partial charge >= 0.3 is 11.9 Å². The van der Waals surface area contributed by atoms with Crippen LogP contribution in [0.15, 0.2) is 53.2 Å². The first-order chi connectivity index (χ1) is 13.4. The largest absolute Gasteiger partial charge is 0.493 e. The molecule has 0 saturated heterocycles. The molecule has 2 aromatic carbocycles. The van der Waals surface area contributed by atoms with Gasteiger partial charge in [0, 0.05) is 5.56 Å². The van der Waals surface area contributed by atoms with E-state index in [4.69, 9.17) is 14.2 Å². The van der Waals surface area contributed by atoms with Crippen molar-refractivity contribution >= 4 is 23.9 Å². The molecule has 1 aliphatic rings. The van der Waals surface area contributed by atoms with Crippen LogP contribution in [-0.2, 0) is 14.3 Å². The molecule has 3 rings (SSSR count). The fourth-order valence-electron chi connectivity index (χ4n) is 2.40. The van der Waals surface area contributed by atoms with Gasteiger partial charge in [-0.3, -0.25) is 4.79 Å². The molecule has 0 amide bonds. The summed E-state index contributed by atoms with van der Waals surface area (Å²) < 4.78 is 29.1. The predicted molar refractivity (Wildman–Crippen MR) is 100 cm³/mol. The van der Waals surface area contributed by atoms with Crippen molar-refractivity contribution in [1.82, 2.24) is 0 Å². The van der Waals surface area contributed by atoms with Gasteiger partial charge in [-0.05, 0) is 42.0 Å². The smallest absolute Gasteiger partial charge is 0.363 e. The molecule has 1 aliphatic heterocycles. The van der Waals surface area contributed by atoms with E-state index in [0.29, 0.717) is 16.9 Å². The molecule has 7 heteroatoms. The summed E-state index contributed by atoms with van der Waals surface area (Å²) in [5.74, 6) is -1.19. The topological polar surface area (TPSA) is 74.2 Å². The van der Waals surface area contributed by atoms with Gasteiger partial charge in [0.05, 0.1) is 13.0 Å². The van der Waals surface area contributed by atoms with Crippen LogP contribution in [0.1, 0.15) is 25.0 Å². The number of hydrogen-bond donors (Lipinski definition) is 0. The number of carbonyl (C=O) groups is 2. The Labute approximate surface area is 161 Å². The summed E-state index contributed by atoms with van der Waals surface area (Å²) >= 11 is 0.